The molecule has 12 heavy (non-hydrogen) atoms. The summed E-state index contributed by atoms with van der Waals surface area (Å²) >= 11 is -5.08. The Morgan fingerprint density at radius 3 is 1.92 bits per heavy atom. The van der Waals surface area contributed by atoms with Crippen LogP contribution >= 0.6 is 11.2 Å². The summed E-state index contributed by atoms with van der Waals surface area (Å²) in [6, 6.07) is 4.65. The van der Waals surface area contributed by atoms with E-state index >= 15 is 0 Å². The van der Waals surface area contributed by atoms with Gasteiger partial charge in [-0.05, 0) is 24.3 Å². The van der Waals surface area contributed by atoms with E-state index in [1.54, 1.807) is 0 Å². The first-order valence-corrected chi connectivity index (χ1v) is 4.43. The lowest BCUT2D eigenvalue weighted by Gasteiger charge is -2.09. The Hall–Kier alpha value is -0.840. The molecule has 1 rings (SSSR count). The van der Waals surface area contributed by atoms with Gasteiger partial charge in [-0.3, -0.25) is 0 Å². The van der Waals surface area contributed by atoms with Crippen molar-refractivity contribution in [2.24, 2.45) is 0 Å². The van der Waals surface area contributed by atoms with Crippen molar-refractivity contribution < 1.29 is 16.4 Å². The molecule has 0 saturated heterocycles. The van der Waals surface area contributed by atoms with Gasteiger partial charge in [0, 0.05) is 0 Å². The standard InChI is InChI=1S/C7H7F3OS/c1-11-6-2-4-7(5-3-6)12(8,9)10/h2-5H,1H3. The Balaban J connectivity index is 2.93. The highest BCUT2D eigenvalue weighted by Gasteiger charge is 2.23. The number of hydrogen-bond donors (Lipinski definition) is 0. The van der Waals surface area contributed by atoms with Crippen LogP contribution in [-0.2, 0) is 0 Å². The molecule has 5 heteroatoms. The summed E-state index contributed by atoms with van der Waals surface area (Å²) in [6.45, 7) is 0. The molecule has 0 bridgehead atoms. The quantitative estimate of drug-likeness (QED) is 0.703. The monoisotopic (exact) mass is 196 g/mol. The summed E-state index contributed by atoms with van der Waals surface area (Å²) in [6.07, 6.45) is 0. The van der Waals surface area contributed by atoms with Crippen molar-refractivity contribution in [1.82, 2.24) is 0 Å². The van der Waals surface area contributed by atoms with Crippen LogP contribution in [0.4, 0.5) is 11.7 Å². The fraction of sp³-hybridized carbons (Fsp3) is 0.143. The molecule has 1 aromatic carbocycles. The molecule has 68 valence electrons. The largest absolute Gasteiger partial charge is 0.497 e. The third kappa shape index (κ3) is 2.07. The molecular formula is C7H7F3OS. The molecule has 0 aliphatic heterocycles. The fourth-order valence-corrected chi connectivity index (χ4v) is 1.17. The van der Waals surface area contributed by atoms with Crippen molar-refractivity contribution in [3.8, 4) is 5.75 Å². The Morgan fingerprint density at radius 1 is 1.08 bits per heavy atom. The zero-order valence-corrected chi connectivity index (χ0v) is 7.08. The normalized spacial score (nSPS) is 12.7. The smallest absolute Gasteiger partial charge is 0.237 e. The summed E-state index contributed by atoms with van der Waals surface area (Å²) in [5, 5.41) is 0. The summed E-state index contributed by atoms with van der Waals surface area (Å²) in [5.74, 6) is 0.433. The van der Waals surface area contributed by atoms with Gasteiger partial charge in [-0.1, -0.05) is 0 Å². The number of rotatable bonds is 2. The lowest BCUT2D eigenvalue weighted by molar-refractivity contribution is 0.414. The lowest BCUT2D eigenvalue weighted by atomic mass is 10.3. The second kappa shape index (κ2) is 3.26. The number of methoxy groups -OCH3 is 1. The van der Waals surface area contributed by atoms with E-state index in [1.165, 1.54) is 19.2 Å². The highest BCUT2D eigenvalue weighted by molar-refractivity contribution is 8.20. The first-order valence-electron chi connectivity index (χ1n) is 3.10. The third-order valence-corrected chi connectivity index (χ3v) is 2.13. The molecule has 0 aliphatic carbocycles. The minimum atomic E-state index is -5.08. The topological polar surface area (TPSA) is 9.23 Å². The van der Waals surface area contributed by atoms with Crippen molar-refractivity contribution in [3.63, 3.8) is 0 Å². The van der Waals surface area contributed by atoms with Crippen LogP contribution in [0, 0.1) is 0 Å². The predicted molar refractivity (Wildman–Crippen MR) is 42.2 cm³/mol. The van der Waals surface area contributed by atoms with Gasteiger partial charge in [-0.25, -0.2) is 0 Å². The van der Waals surface area contributed by atoms with Crippen LogP contribution in [-0.4, -0.2) is 7.11 Å². The van der Waals surface area contributed by atoms with Gasteiger partial charge >= 0.3 is 0 Å². The van der Waals surface area contributed by atoms with Crippen molar-refractivity contribution in [3.05, 3.63) is 24.3 Å². The average molecular weight is 196 g/mol. The van der Waals surface area contributed by atoms with Gasteiger partial charge in [0.2, 0.25) is 11.2 Å². The van der Waals surface area contributed by atoms with Crippen LogP contribution in [0.3, 0.4) is 0 Å². The van der Waals surface area contributed by atoms with Crippen LogP contribution in [0.2, 0.25) is 0 Å². The van der Waals surface area contributed by atoms with E-state index in [9.17, 15) is 11.7 Å². The van der Waals surface area contributed by atoms with Crippen LogP contribution in [0.1, 0.15) is 0 Å². The van der Waals surface area contributed by atoms with E-state index in [1.807, 2.05) is 0 Å². The fourth-order valence-electron chi connectivity index (χ4n) is 0.730. The maximum Gasteiger partial charge on any atom is 0.237 e. The predicted octanol–water partition coefficient (Wildman–Crippen LogP) is 3.51. The minimum absolute atomic E-state index is 0.433. The number of benzene rings is 1. The van der Waals surface area contributed by atoms with Crippen LogP contribution in [0.15, 0.2) is 29.2 Å². The molecule has 0 spiro atoms. The van der Waals surface area contributed by atoms with Gasteiger partial charge in [0.15, 0.2) is 0 Å². The van der Waals surface area contributed by atoms with Gasteiger partial charge in [0.05, 0.1) is 12.0 Å². The molecule has 0 N–H and O–H groups in total. The second-order valence-corrected chi connectivity index (χ2v) is 3.37. The molecule has 0 unspecified atom stereocenters. The molecule has 0 radical (unpaired) electrons. The van der Waals surface area contributed by atoms with Crippen LogP contribution in [0.5, 0.6) is 5.75 Å². The summed E-state index contributed by atoms with van der Waals surface area (Å²) in [5.41, 5.74) is 0. The molecule has 1 nitrogen and oxygen atoms in total. The Bertz CT molecular complexity index is 254. The van der Waals surface area contributed by atoms with Gasteiger partial charge in [-0.2, -0.15) is 0 Å². The van der Waals surface area contributed by atoms with E-state index < -0.39 is 16.1 Å². The van der Waals surface area contributed by atoms with E-state index in [-0.39, 0.29) is 0 Å². The van der Waals surface area contributed by atoms with E-state index in [0.29, 0.717) is 5.75 Å². The molecule has 0 amide bonds. The van der Waals surface area contributed by atoms with E-state index in [0.717, 1.165) is 12.1 Å². The molecule has 0 aromatic heterocycles. The number of hydrogen-bond acceptors (Lipinski definition) is 1. The zero-order chi connectivity index (χ0) is 9.19. The summed E-state index contributed by atoms with van der Waals surface area (Å²) in [7, 11) is 1.41. The van der Waals surface area contributed by atoms with Gasteiger partial charge < -0.3 is 4.74 Å². The molecule has 0 atom stereocenters. The third-order valence-electron chi connectivity index (χ3n) is 1.33. The Labute approximate surface area is 70.4 Å². The first kappa shape index (κ1) is 9.25. The van der Waals surface area contributed by atoms with Crippen LogP contribution in [0.25, 0.3) is 0 Å². The Kier molecular flexibility index (Phi) is 2.52. The average Bonchev–Trinajstić information content (AvgIpc) is 2.03. The van der Waals surface area contributed by atoms with Crippen molar-refractivity contribution in [1.29, 1.82) is 0 Å². The number of halogens is 3. The zero-order valence-electron chi connectivity index (χ0n) is 6.26. The van der Waals surface area contributed by atoms with E-state index in [2.05, 4.69) is 0 Å². The molecule has 0 heterocycles. The first-order chi connectivity index (χ1) is 5.54. The van der Waals surface area contributed by atoms with Crippen molar-refractivity contribution >= 4 is 11.2 Å². The highest BCUT2D eigenvalue weighted by atomic mass is 32.3. The van der Waals surface area contributed by atoms with Gasteiger partial charge in [-0.15, -0.1) is 11.7 Å². The molecule has 1 aromatic rings. The minimum Gasteiger partial charge on any atom is -0.497 e. The summed E-state index contributed by atoms with van der Waals surface area (Å²) < 4.78 is 40.9. The number of ether oxygens (including phenoxy) is 1. The van der Waals surface area contributed by atoms with Gasteiger partial charge in [0.25, 0.3) is 0 Å². The molecule has 0 saturated carbocycles. The van der Waals surface area contributed by atoms with E-state index in [4.69, 9.17) is 4.74 Å². The molecular weight excluding hydrogens is 189 g/mol. The molecule has 0 fully saturated rings. The van der Waals surface area contributed by atoms with Crippen LogP contribution < -0.4 is 4.74 Å². The van der Waals surface area contributed by atoms with Gasteiger partial charge in [0.1, 0.15) is 5.75 Å². The summed E-state index contributed by atoms with van der Waals surface area (Å²) in [4.78, 5) is -0.580. The SMILES string of the molecule is COc1ccc(S(F)(F)F)cc1. The highest BCUT2D eigenvalue weighted by Crippen LogP contribution is 2.60. The maximum atomic E-state index is 12.1. The second-order valence-electron chi connectivity index (χ2n) is 2.08. The van der Waals surface area contributed by atoms with Crippen molar-refractivity contribution in [2.75, 3.05) is 7.11 Å². The lowest BCUT2D eigenvalue weighted by Crippen LogP contribution is -1.83. The Morgan fingerprint density at radius 2 is 1.58 bits per heavy atom. The van der Waals surface area contributed by atoms with Crippen molar-refractivity contribution in [2.45, 2.75) is 4.90 Å². The maximum absolute atomic E-state index is 12.1. The molecule has 0 aliphatic rings.